The molecule has 35 heavy (non-hydrogen) atoms. The lowest BCUT2D eigenvalue weighted by atomic mass is 9.47. The van der Waals surface area contributed by atoms with E-state index >= 15 is 0 Å². The number of amides is 1. The van der Waals surface area contributed by atoms with Gasteiger partial charge in [-0.05, 0) is 68.3 Å². The third-order valence-electron chi connectivity index (χ3n) is 9.61. The quantitative estimate of drug-likeness (QED) is 0.628. The van der Waals surface area contributed by atoms with Crippen molar-refractivity contribution in [2.45, 2.75) is 67.4 Å². The molecule has 2 aliphatic heterocycles. The van der Waals surface area contributed by atoms with Crippen molar-refractivity contribution in [1.29, 1.82) is 0 Å². The third-order valence-corrected chi connectivity index (χ3v) is 9.61. The van der Waals surface area contributed by atoms with Crippen LogP contribution in [-0.2, 0) is 5.41 Å². The molecule has 2 aromatic rings. The van der Waals surface area contributed by atoms with E-state index < -0.39 is 29.3 Å². The molecule has 7 heteroatoms. The molecule has 2 aromatic carbocycles. The first-order chi connectivity index (χ1) is 16.9. The normalized spacial score (nSPS) is 36.9. The second-order valence-electron chi connectivity index (χ2n) is 11.3. The largest absolute Gasteiger partial charge is 0.504 e. The maximum Gasteiger partial charge on any atom is 0.253 e. The monoisotopic (exact) mass is 476 g/mol. The third kappa shape index (κ3) is 2.69. The molecule has 1 saturated heterocycles. The van der Waals surface area contributed by atoms with Gasteiger partial charge >= 0.3 is 0 Å². The van der Waals surface area contributed by atoms with E-state index in [4.69, 9.17) is 4.74 Å². The molecule has 2 bridgehead atoms. The van der Waals surface area contributed by atoms with Crippen LogP contribution in [-0.4, -0.2) is 75.0 Å². The lowest BCUT2D eigenvalue weighted by Gasteiger charge is -2.65. The van der Waals surface area contributed by atoms with E-state index in [2.05, 4.69) is 4.90 Å². The Labute approximate surface area is 204 Å². The number of hydrogen-bond acceptors (Lipinski definition) is 6. The molecule has 184 valence electrons. The van der Waals surface area contributed by atoms with Crippen LogP contribution in [0.2, 0.25) is 0 Å². The summed E-state index contributed by atoms with van der Waals surface area (Å²) in [5.74, 6) is 0.946. The van der Waals surface area contributed by atoms with Gasteiger partial charge in [-0.3, -0.25) is 9.69 Å². The lowest BCUT2D eigenvalue weighted by Crippen LogP contribution is -2.79. The topological polar surface area (TPSA) is 93.5 Å². The summed E-state index contributed by atoms with van der Waals surface area (Å²) in [4.78, 5) is 17.5. The highest BCUT2D eigenvalue weighted by Crippen LogP contribution is 2.67. The number of rotatable bonds is 4. The first kappa shape index (κ1) is 21.7. The van der Waals surface area contributed by atoms with Gasteiger partial charge in [-0.1, -0.05) is 24.3 Å². The summed E-state index contributed by atoms with van der Waals surface area (Å²) in [6.07, 6.45) is 2.74. The molecule has 5 aliphatic rings. The van der Waals surface area contributed by atoms with E-state index in [9.17, 15) is 20.1 Å². The number of phenolic OH excluding ortho intramolecular Hbond substituents is 1. The SMILES string of the molecule is CN(C(=O)c1ccccc1)[C@@H]1CC[C@@]2(O)[C@H]3[C@@H](O)c4ccc(O)c5c4[C@@]2(CCN3CC2CC2)[C@H]1O5. The summed E-state index contributed by atoms with van der Waals surface area (Å²) in [7, 11) is 1.81. The average Bonchev–Trinajstić information content (AvgIpc) is 3.61. The number of likely N-dealkylation sites (N-methyl/N-ethyl adjacent to an activating group) is 1. The van der Waals surface area contributed by atoms with E-state index in [0.29, 0.717) is 36.5 Å². The molecule has 3 aliphatic carbocycles. The number of phenols is 1. The van der Waals surface area contributed by atoms with Gasteiger partial charge < -0.3 is 25.0 Å². The van der Waals surface area contributed by atoms with Gasteiger partial charge in [0, 0.05) is 24.7 Å². The first-order valence-corrected chi connectivity index (χ1v) is 12.9. The minimum Gasteiger partial charge on any atom is -0.504 e. The van der Waals surface area contributed by atoms with Gasteiger partial charge in [0.25, 0.3) is 5.91 Å². The van der Waals surface area contributed by atoms with E-state index in [1.165, 1.54) is 12.8 Å². The molecule has 0 aromatic heterocycles. The molecule has 7 nitrogen and oxygen atoms in total. The van der Waals surface area contributed by atoms with Crippen LogP contribution in [0.15, 0.2) is 42.5 Å². The van der Waals surface area contributed by atoms with Crippen LogP contribution in [0, 0.1) is 5.92 Å². The molecular formula is C28H32N2O5. The Hall–Kier alpha value is -2.61. The van der Waals surface area contributed by atoms with Crippen molar-refractivity contribution in [2.75, 3.05) is 20.1 Å². The van der Waals surface area contributed by atoms with Gasteiger partial charge in [0.05, 0.1) is 29.2 Å². The fourth-order valence-electron chi connectivity index (χ4n) is 7.85. The van der Waals surface area contributed by atoms with Crippen LogP contribution < -0.4 is 4.74 Å². The number of hydrogen-bond donors (Lipinski definition) is 3. The molecule has 0 radical (unpaired) electrons. The summed E-state index contributed by atoms with van der Waals surface area (Å²) >= 11 is 0. The van der Waals surface area contributed by atoms with E-state index in [0.717, 1.165) is 24.2 Å². The van der Waals surface area contributed by atoms with Crippen LogP contribution in [0.25, 0.3) is 0 Å². The fraction of sp³-hybridized carbons (Fsp3) is 0.536. The maximum absolute atomic E-state index is 13.4. The Balaban J connectivity index is 1.35. The van der Waals surface area contributed by atoms with Gasteiger partial charge in [0.2, 0.25) is 0 Å². The summed E-state index contributed by atoms with van der Waals surface area (Å²) in [6.45, 7) is 1.64. The molecule has 1 spiro atoms. The lowest BCUT2D eigenvalue weighted by molar-refractivity contribution is -0.221. The highest BCUT2D eigenvalue weighted by molar-refractivity contribution is 5.94. The first-order valence-electron chi connectivity index (χ1n) is 12.9. The Kier molecular flexibility index (Phi) is 4.46. The molecule has 2 heterocycles. The molecule has 1 amide bonds. The molecule has 6 atom stereocenters. The number of piperidine rings is 1. The average molecular weight is 477 g/mol. The van der Waals surface area contributed by atoms with Gasteiger partial charge in [-0.25, -0.2) is 0 Å². The highest BCUT2D eigenvalue weighted by Gasteiger charge is 2.75. The summed E-state index contributed by atoms with van der Waals surface area (Å²) in [5.41, 5.74) is 0.125. The summed E-state index contributed by atoms with van der Waals surface area (Å²) in [5, 5.41) is 35.0. The van der Waals surface area contributed by atoms with Crippen molar-refractivity contribution in [3.63, 3.8) is 0 Å². The van der Waals surface area contributed by atoms with Gasteiger partial charge in [-0.15, -0.1) is 0 Å². The number of carbonyl (C=O) groups is 1. The summed E-state index contributed by atoms with van der Waals surface area (Å²) in [6, 6.07) is 11.9. The van der Waals surface area contributed by atoms with Crippen molar-refractivity contribution in [3.8, 4) is 11.5 Å². The zero-order chi connectivity index (χ0) is 24.1. The van der Waals surface area contributed by atoms with E-state index in [1.54, 1.807) is 17.0 Å². The van der Waals surface area contributed by atoms with Crippen LogP contribution in [0.4, 0.5) is 0 Å². The van der Waals surface area contributed by atoms with Crippen LogP contribution in [0.1, 0.15) is 59.7 Å². The predicted molar refractivity (Wildman–Crippen MR) is 128 cm³/mol. The van der Waals surface area contributed by atoms with Crippen LogP contribution in [0.3, 0.4) is 0 Å². The van der Waals surface area contributed by atoms with Gasteiger partial charge in [0.1, 0.15) is 6.10 Å². The number of benzene rings is 2. The molecule has 3 N–H and O–H groups in total. The van der Waals surface area contributed by atoms with Crippen molar-refractivity contribution in [3.05, 3.63) is 59.2 Å². The molecule has 3 fully saturated rings. The van der Waals surface area contributed by atoms with Crippen molar-refractivity contribution in [1.82, 2.24) is 9.80 Å². The standard InChI is InChI=1S/C28H32N2O5/c1-29(26(33)17-5-3-2-4-6-17)19-11-12-28(34)24-22(32)18-9-10-20(31)23-21(18)27(28,25(19)35-23)13-14-30(24)15-16-7-8-16/h2-6,9-10,16,19,22,24-25,31-32,34H,7-8,11-15H2,1H3/t19-,22+,24-,25+,27+,28-/m1/s1. The van der Waals surface area contributed by atoms with Crippen molar-refractivity contribution in [2.24, 2.45) is 5.92 Å². The second-order valence-corrected chi connectivity index (χ2v) is 11.3. The Morgan fingerprint density at radius 3 is 2.66 bits per heavy atom. The number of nitrogens with zero attached hydrogens (tertiary/aromatic N) is 2. The Morgan fingerprint density at radius 1 is 1.14 bits per heavy atom. The second kappa shape index (κ2) is 7.21. The number of aliphatic hydroxyl groups excluding tert-OH is 1. The van der Waals surface area contributed by atoms with E-state index in [-0.39, 0.29) is 17.7 Å². The van der Waals surface area contributed by atoms with Gasteiger partial charge in [0.15, 0.2) is 11.5 Å². The number of aliphatic hydroxyl groups is 2. The number of likely N-dealkylation sites (tertiary alicyclic amines) is 1. The zero-order valence-electron chi connectivity index (χ0n) is 19.9. The van der Waals surface area contributed by atoms with Gasteiger partial charge in [-0.2, -0.15) is 0 Å². The van der Waals surface area contributed by atoms with Crippen molar-refractivity contribution >= 4 is 5.91 Å². The minimum absolute atomic E-state index is 0.0247. The predicted octanol–water partition coefficient (Wildman–Crippen LogP) is 2.59. The number of aromatic hydroxyl groups is 1. The Morgan fingerprint density at radius 2 is 1.91 bits per heavy atom. The Bertz CT molecular complexity index is 1200. The van der Waals surface area contributed by atoms with Crippen LogP contribution >= 0.6 is 0 Å². The molecule has 7 rings (SSSR count). The number of ether oxygens (including phenoxy) is 1. The maximum atomic E-state index is 13.4. The van der Waals surface area contributed by atoms with Crippen molar-refractivity contribution < 1.29 is 24.9 Å². The zero-order valence-corrected chi connectivity index (χ0v) is 19.9. The number of carbonyl (C=O) groups excluding carboxylic acids is 1. The minimum atomic E-state index is -1.20. The fourth-order valence-corrected chi connectivity index (χ4v) is 7.85. The molecular weight excluding hydrogens is 444 g/mol. The summed E-state index contributed by atoms with van der Waals surface area (Å²) < 4.78 is 6.54. The smallest absolute Gasteiger partial charge is 0.253 e. The van der Waals surface area contributed by atoms with E-state index in [1.807, 2.05) is 37.4 Å². The highest BCUT2D eigenvalue weighted by atomic mass is 16.5. The molecule has 2 saturated carbocycles. The molecule has 0 unspecified atom stereocenters. The van der Waals surface area contributed by atoms with Crippen LogP contribution in [0.5, 0.6) is 11.5 Å².